The normalized spacial score (nSPS) is 13.1. The first-order valence-corrected chi connectivity index (χ1v) is 15.5. The van der Waals surface area contributed by atoms with E-state index in [0.717, 1.165) is 40.8 Å². The molecule has 0 aliphatic carbocycles. The summed E-state index contributed by atoms with van der Waals surface area (Å²) in [6.07, 6.45) is 0.131. The number of ether oxygens (including phenoxy) is 1. The fourth-order valence-electron chi connectivity index (χ4n) is 4.98. The van der Waals surface area contributed by atoms with E-state index in [9.17, 15) is 27.1 Å². The predicted octanol–water partition coefficient (Wildman–Crippen LogP) is 7.01. The Morgan fingerprint density at radius 1 is 1.12 bits per heavy atom. The van der Waals surface area contributed by atoms with Gasteiger partial charge in [-0.15, -0.1) is 11.3 Å². The second-order valence-electron chi connectivity index (χ2n) is 9.96. The van der Waals surface area contributed by atoms with Crippen molar-refractivity contribution in [1.29, 1.82) is 0 Å². The number of rotatable bonds is 13. The Labute approximate surface area is 237 Å². The maximum absolute atomic E-state index is 13.8. The fraction of sp³-hybridized carbons (Fsp3) is 0.414. The Bertz CT molecular complexity index is 1630. The summed E-state index contributed by atoms with van der Waals surface area (Å²) in [5.74, 6) is -0.339. The van der Waals surface area contributed by atoms with E-state index in [0.29, 0.717) is 27.8 Å². The highest BCUT2D eigenvalue weighted by Gasteiger charge is 2.30. The van der Waals surface area contributed by atoms with E-state index in [1.807, 2.05) is 36.7 Å². The Morgan fingerprint density at radius 2 is 1.88 bits per heavy atom. The van der Waals surface area contributed by atoms with Crippen LogP contribution in [0.2, 0.25) is 0 Å². The van der Waals surface area contributed by atoms with E-state index in [4.69, 9.17) is 4.74 Å². The zero-order valence-electron chi connectivity index (χ0n) is 23.0. The molecule has 11 heteroatoms. The van der Waals surface area contributed by atoms with Crippen molar-refractivity contribution >= 4 is 48.3 Å². The molecule has 0 saturated carbocycles. The lowest BCUT2D eigenvalue weighted by atomic mass is 10.1. The Kier molecular flexibility index (Phi) is 9.16. The van der Waals surface area contributed by atoms with Gasteiger partial charge >= 0.3 is 5.97 Å². The molecule has 2 aromatic heterocycles. The number of aryl methyl sites for hydroxylation is 2. The lowest BCUT2D eigenvalue weighted by molar-refractivity contribution is -0.136. The first-order chi connectivity index (χ1) is 19.0. The fourth-order valence-corrected chi connectivity index (χ4v) is 8.47. The number of halogens is 2. The van der Waals surface area contributed by atoms with Crippen molar-refractivity contribution in [1.82, 2.24) is 8.87 Å². The second kappa shape index (κ2) is 12.2. The second-order valence-corrected chi connectivity index (χ2v) is 13.1. The van der Waals surface area contributed by atoms with Gasteiger partial charge in [0.15, 0.2) is 0 Å². The molecule has 1 atom stereocenters. The molecule has 0 aliphatic rings. The first-order valence-electron chi connectivity index (χ1n) is 13.3. The highest BCUT2D eigenvalue weighted by Crippen LogP contribution is 2.38. The van der Waals surface area contributed by atoms with Gasteiger partial charge < -0.3 is 14.4 Å². The van der Waals surface area contributed by atoms with Crippen LogP contribution in [0.5, 0.6) is 5.75 Å². The minimum Gasteiger partial charge on any atom is -0.489 e. The molecule has 0 aliphatic heterocycles. The van der Waals surface area contributed by atoms with Crippen molar-refractivity contribution < 1.29 is 31.8 Å². The third kappa shape index (κ3) is 6.16. The van der Waals surface area contributed by atoms with Crippen molar-refractivity contribution in [3.63, 3.8) is 0 Å². The minimum atomic E-state index is -3.91. The van der Waals surface area contributed by atoms with Gasteiger partial charge in [0.05, 0.1) is 18.5 Å². The van der Waals surface area contributed by atoms with Crippen molar-refractivity contribution in [2.45, 2.75) is 70.2 Å². The summed E-state index contributed by atoms with van der Waals surface area (Å²) in [5, 5.41) is 10.7. The number of fused-ring (bicyclic) bond motifs is 2. The van der Waals surface area contributed by atoms with Gasteiger partial charge in [-0.05, 0) is 67.5 Å². The molecule has 4 aromatic rings. The van der Waals surface area contributed by atoms with Crippen molar-refractivity contribution in [2.24, 2.45) is 0 Å². The van der Waals surface area contributed by atoms with Crippen LogP contribution in [0.15, 0.2) is 46.8 Å². The number of carboxylic acids is 1. The molecule has 2 heterocycles. The molecular formula is C29H34F2N2O5S2. The molecule has 0 radical (unpaired) electrons. The zero-order valence-corrected chi connectivity index (χ0v) is 24.6. The number of nitrogens with zero attached hydrogens (tertiary/aromatic N) is 2. The largest absolute Gasteiger partial charge is 0.489 e. The summed E-state index contributed by atoms with van der Waals surface area (Å²) in [6.45, 7) is 8.51. The van der Waals surface area contributed by atoms with Gasteiger partial charge in [-0.3, -0.25) is 4.79 Å². The van der Waals surface area contributed by atoms with Gasteiger partial charge in [0, 0.05) is 41.0 Å². The molecule has 0 unspecified atom stereocenters. The SMILES string of the molecule is CCCN(C[C@@H](C)Oc1ccc2c(CC(=O)O)cn(CCC)c2c1)S(=O)(=O)c1sc2ccc(C(F)F)cc2c1C. The smallest absolute Gasteiger partial charge is 0.307 e. The van der Waals surface area contributed by atoms with Crippen LogP contribution in [0, 0.1) is 6.92 Å². The van der Waals surface area contributed by atoms with Crippen LogP contribution in [-0.4, -0.2) is 47.6 Å². The molecule has 1 N–H and O–H groups in total. The summed E-state index contributed by atoms with van der Waals surface area (Å²) in [4.78, 5) is 11.3. The van der Waals surface area contributed by atoms with Crippen LogP contribution in [0.3, 0.4) is 0 Å². The van der Waals surface area contributed by atoms with Crippen LogP contribution in [0.1, 0.15) is 56.7 Å². The molecule has 2 aromatic carbocycles. The maximum Gasteiger partial charge on any atom is 0.307 e. The number of aliphatic carboxylic acids is 1. The molecule has 0 saturated heterocycles. The highest BCUT2D eigenvalue weighted by atomic mass is 32.2. The van der Waals surface area contributed by atoms with Crippen LogP contribution in [0.4, 0.5) is 8.78 Å². The summed E-state index contributed by atoms with van der Waals surface area (Å²) < 4.78 is 64.5. The van der Waals surface area contributed by atoms with Crippen LogP contribution in [0.25, 0.3) is 21.0 Å². The van der Waals surface area contributed by atoms with Gasteiger partial charge in [0.25, 0.3) is 16.4 Å². The van der Waals surface area contributed by atoms with Crippen LogP contribution < -0.4 is 4.74 Å². The van der Waals surface area contributed by atoms with Crippen LogP contribution >= 0.6 is 11.3 Å². The number of aromatic nitrogens is 1. The topological polar surface area (TPSA) is 88.8 Å². The number of benzene rings is 2. The van der Waals surface area contributed by atoms with Gasteiger partial charge in [0.2, 0.25) is 0 Å². The average Bonchev–Trinajstić information content (AvgIpc) is 3.40. The van der Waals surface area contributed by atoms with Gasteiger partial charge in [-0.1, -0.05) is 19.9 Å². The first kappa shape index (κ1) is 30.0. The molecule has 0 spiro atoms. The average molecular weight is 593 g/mol. The summed E-state index contributed by atoms with van der Waals surface area (Å²) in [6, 6.07) is 9.73. The molecule has 0 fully saturated rings. The van der Waals surface area contributed by atoms with E-state index in [2.05, 4.69) is 0 Å². The van der Waals surface area contributed by atoms with Gasteiger partial charge in [-0.2, -0.15) is 4.31 Å². The third-order valence-corrected chi connectivity index (χ3v) is 10.5. The van der Waals surface area contributed by atoms with Crippen molar-refractivity contribution in [3.05, 3.63) is 59.3 Å². The van der Waals surface area contributed by atoms with Gasteiger partial charge in [0.1, 0.15) is 16.1 Å². The monoisotopic (exact) mass is 592 g/mol. The summed E-state index contributed by atoms with van der Waals surface area (Å²) >= 11 is 1.09. The number of alkyl halides is 2. The molecule has 0 bridgehead atoms. The number of sulfonamides is 1. The molecule has 7 nitrogen and oxygen atoms in total. The summed E-state index contributed by atoms with van der Waals surface area (Å²) in [7, 11) is -3.91. The predicted molar refractivity (Wildman–Crippen MR) is 154 cm³/mol. The molecule has 0 amide bonds. The zero-order chi connectivity index (χ0) is 29.2. The van der Waals surface area contributed by atoms with E-state index in [1.54, 1.807) is 26.0 Å². The van der Waals surface area contributed by atoms with Gasteiger partial charge in [-0.25, -0.2) is 17.2 Å². The quantitative estimate of drug-likeness (QED) is 0.180. The molecule has 40 heavy (non-hydrogen) atoms. The standard InChI is InChI=1S/C29H34F2N2O5S2/c1-5-11-32-17-21(14-27(34)35)23-9-8-22(15-25(23)32)38-18(3)16-33(12-6-2)40(36,37)29-19(4)24-13-20(28(30)31)7-10-26(24)39-29/h7-10,13,15,17-18,28H,5-6,11-12,14,16H2,1-4H3,(H,34,35)/t18-/m1/s1. The summed E-state index contributed by atoms with van der Waals surface area (Å²) in [5.41, 5.74) is 1.93. The van der Waals surface area contributed by atoms with Crippen LogP contribution in [-0.2, 0) is 27.8 Å². The number of thiophene rings is 1. The molecule has 216 valence electrons. The lowest BCUT2D eigenvalue weighted by Gasteiger charge is -2.25. The highest BCUT2D eigenvalue weighted by molar-refractivity contribution is 7.91. The van der Waals surface area contributed by atoms with E-state index in [1.165, 1.54) is 16.4 Å². The molecule has 4 rings (SSSR count). The van der Waals surface area contributed by atoms with Crippen molar-refractivity contribution in [2.75, 3.05) is 13.1 Å². The Balaban J connectivity index is 1.59. The minimum absolute atomic E-state index is 0.0751. The van der Waals surface area contributed by atoms with Crippen molar-refractivity contribution in [3.8, 4) is 5.75 Å². The third-order valence-electron chi connectivity index (χ3n) is 6.76. The number of carbonyl (C=O) groups is 1. The number of hydrogen-bond acceptors (Lipinski definition) is 5. The van der Waals surface area contributed by atoms with E-state index in [-0.39, 0.29) is 29.3 Å². The van der Waals surface area contributed by atoms with E-state index < -0.39 is 28.5 Å². The number of carboxylic acid groups (broad SMARTS) is 1. The maximum atomic E-state index is 13.8. The number of hydrogen-bond donors (Lipinski definition) is 1. The lowest BCUT2D eigenvalue weighted by Crippen LogP contribution is -2.39. The van der Waals surface area contributed by atoms with E-state index >= 15 is 0 Å². The molecular weight excluding hydrogens is 558 g/mol. The Hall–Kier alpha value is -3.02. The Morgan fingerprint density at radius 3 is 2.52 bits per heavy atom.